The summed E-state index contributed by atoms with van der Waals surface area (Å²) in [5.74, 6) is 1.55. The van der Waals surface area contributed by atoms with Crippen LogP contribution >= 0.6 is 11.6 Å². The maximum Gasteiger partial charge on any atom is 0.238 e. The number of halogens is 1. The second-order valence-corrected chi connectivity index (χ2v) is 3.08. The van der Waals surface area contributed by atoms with Crippen molar-refractivity contribution in [1.29, 1.82) is 0 Å². The number of pyridine rings is 1. The van der Waals surface area contributed by atoms with Crippen LogP contribution in [0.4, 0.5) is 0 Å². The number of aromatic amines is 1. The van der Waals surface area contributed by atoms with Crippen LogP contribution in [0, 0.1) is 12.3 Å². The number of Topliss-reactive ketones (excluding diaryl/α,β-unsaturated/α-hetero) is 1. The van der Waals surface area contributed by atoms with Crippen LogP contribution in [0.2, 0.25) is 5.02 Å². The van der Waals surface area contributed by atoms with Gasteiger partial charge in [-0.25, -0.2) is 4.98 Å². The number of H-pyrrole nitrogens is 1. The van der Waals surface area contributed by atoms with Gasteiger partial charge in [-0.05, 0) is 12.0 Å². The summed E-state index contributed by atoms with van der Waals surface area (Å²) in [6.45, 7) is 0. The molecule has 3 nitrogen and oxygen atoms in total. The van der Waals surface area contributed by atoms with E-state index in [1.54, 1.807) is 12.3 Å². The molecule has 0 aliphatic rings. The average molecular weight is 205 g/mol. The van der Waals surface area contributed by atoms with Gasteiger partial charge in [-0.15, -0.1) is 6.42 Å². The van der Waals surface area contributed by atoms with E-state index in [9.17, 15) is 4.79 Å². The number of carbonyl (C=O) groups is 1. The molecule has 1 N–H and O–H groups in total. The molecular formula is C10H5ClN2O. The predicted octanol–water partition coefficient (Wildman–Crippen LogP) is 2.03. The second kappa shape index (κ2) is 3.17. The molecule has 0 spiro atoms. The summed E-state index contributed by atoms with van der Waals surface area (Å²) in [6.07, 6.45) is 8.08. The van der Waals surface area contributed by atoms with Crippen molar-refractivity contribution in [1.82, 2.24) is 9.97 Å². The minimum Gasteiger partial charge on any atom is -0.346 e. The number of nitrogens with one attached hydrogen (secondary N) is 1. The second-order valence-electron chi connectivity index (χ2n) is 2.70. The van der Waals surface area contributed by atoms with Crippen LogP contribution < -0.4 is 0 Å². The SMILES string of the molecule is C#CC(=O)c1cnc2[nH]ccc2c1Cl. The number of hydrogen-bond acceptors (Lipinski definition) is 2. The summed E-state index contributed by atoms with van der Waals surface area (Å²) >= 11 is 5.98. The molecule has 0 amide bonds. The fraction of sp³-hybridized carbons (Fsp3) is 0. The first-order valence-electron chi connectivity index (χ1n) is 3.86. The van der Waals surface area contributed by atoms with Gasteiger partial charge in [0.2, 0.25) is 5.78 Å². The average Bonchev–Trinajstić information content (AvgIpc) is 2.66. The molecule has 0 bridgehead atoms. The number of terminal acetylenes is 1. The van der Waals surface area contributed by atoms with Gasteiger partial charge in [0, 0.05) is 17.8 Å². The zero-order chi connectivity index (χ0) is 10.1. The Labute approximate surface area is 85.1 Å². The molecule has 0 saturated heterocycles. The summed E-state index contributed by atoms with van der Waals surface area (Å²) in [7, 11) is 0. The smallest absolute Gasteiger partial charge is 0.238 e. The lowest BCUT2D eigenvalue weighted by molar-refractivity contribution is 0.105. The van der Waals surface area contributed by atoms with Crippen molar-refractivity contribution in [2.75, 3.05) is 0 Å². The van der Waals surface area contributed by atoms with E-state index in [-0.39, 0.29) is 5.56 Å². The van der Waals surface area contributed by atoms with Gasteiger partial charge in [0.1, 0.15) is 5.65 Å². The van der Waals surface area contributed by atoms with Crippen molar-refractivity contribution in [3.05, 3.63) is 29.0 Å². The number of carbonyl (C=O) groups excluding carboxylic acids is 1. The van der Waals surface area contributed by atoms with Gasteiger partial charge in [0.25, 0.3) is 0 Å². The Morgan fingerprint density at radius 1 is 1.64 bits per heavy atom. The Bertz CT molecular complexity index is 551. The van der Waals surface area contributed by atoms with Crippen molar-refractivity contribution >= 4 is 28.4 Å². The van der Waals surface area contributed by atoms with E-state index in [4.69, 9.17) is 18.0 Å². The zero-order valence-corrected chi connectivity index (χ0v) is 7.80. The van der Waals surface area contributed by atoms with E-state index in [0.29, 0.717) is 16.1 Å². The van der Waals surface area contributed by atoms with Crippen LogP contribution in [0.5, 0.6) is 0 Å². The van der Waals surface area contributed by atoms with E-state index < -0.39 is 5.78 Å². The van der Waals surface area contributed by atoms with E-state index in [1.165, 1.54) is 6.20 Å². The zero-order valence-electron chi connectivity index (χ0n) is 7.04. The number of ketones is 1. The molecule has 0 fully saturated rings. The quantitative estimate of drug-likeness (QED) is 0.439. The summed E-state index contributed by atoms with van der Waals surface area (Å²) in [5.41, 5.74) is 0.907. The molecule has 0 radical (unpaired) electrons. The molecule has 0 aliphatic heterocycles. The summed E-state index contributed by atoms with van der Waals surface area (Å²) in [6, 6.07) is 1.75. The lowest BCUT2D eigenvalue weighted by Crippen LogP contribution is -1.97. The number of hydrogen-bond donors (Lipinski definition) is 1. The van der Waals surface area contributed by atoms with Crippen LogP contribution in [0.3, 0.4) is 0 Å². The minimum atomic E-state index is -0.453. The normalized spacial score (nSPS) is 10.0. The monoisotopic (exact) mass is 204 g/mol. The van der Waals surface area contributed by atoms with E-state index in [0.717, 1.165) is 0 Å². The van der Waals surface area contributed by atoms with Crippen LogP contribution in [0.1, 0.15) is 10.4 Å². The van der Waals surface area contributed by atoms with Crippen LogP contribution in [0.25, 0.3) is 11.0 Å². The Morgan fingerprint density at radius 3 is 3.14 bits per heavy atom. The highest BCUT2D eigenvalue weighted by Gasteiger charge is 2.12. The Kier molecular flexibility index (Phi) is 1.99. The summed E-state index contributed by atoms with van der Waals surface area (Å²) < 4.78 is 0. The van der Waals surface area contributed by atoms with E-state index in [1.807, 2.05) is 5.92 Å². The topological polar surface area (TPSA) is 45.8 Å². The van der Waals surface area contributed by atoms with Crippen molar-refractivity contribution in [2.24, 2.45) is 0 Å². The first-order chi connectivity index (χ1) is 6.74. The lowest BCUT2D eigenvalue weighted by atomic mass is 10.1. The first-order valence-corrected chi connectivity index (χ1v) is 4.24. The highest BCUT2D eigenvalue weighted by atomic mass is 35.5. The molecule has 0 aromatic carbocycles. The van der Waals surface area contributed by atoms with Crippen molar-refractivity contribution in [2.45, 2.75) is 0 Å². The number of aromatic nitrogens is 2. The molecule has 2 heterocycles. The van der Waals surface area contributed by atoms with Gasteiger partial charge in [-0.2, -0.15) is 0 Å². The third-order valence-corrected chi connectivity index (χ3v) is 2.30. The van der Waals surface area contributed by atoms with Gasteiger partial charge in [-0.3, -0.25) is 4.79 Å². The maximum absolute atomic E-state index is 11.2. The molecule has 0 saturated carbocycles. The molecule has 0 atom stereocenters. The van der Waals surface area contributed by atoms with Crippen molar-refractivity contribution in [3.8, 4) is 12.3 Å². The van der Waals surface area contributed by atoms with Gasteiger partial charge in [0.05, 0.1) is 10.6 Å². The summed E-state index contributed by atoms with van der Waals surface area (Å²) in [5, 5.41) is 1.05. The Hall–Kier alpha value is -1.79. The number of rotatable bonds is 1. The fourth-order valence-electron chi connectivity index (χ4n) is 1.21. The first kappa shape index (κ1) is 8.79. The van der Waals surface area contributed by atoms with E-state index in [2.05, 4.69) is 9.97 Å². The molecule has 14 heavy (non-hydrogen) atoms. The van der Waals surface area contributed by atoms with Crippen LogP contribution in [-0.4, -0.2) is 15.8 Å². The third-order valence-electron chi connectivity index (χ3n) is 1.90. The minimum absolute atomic E-state index is 0.265. The van der Waals surface area contributed by atoms with Crippen LogP contribution in [0.15, 0.2) is 18.5 Å². The molecule has 0 unspecified atom stereocenters. The van der Waals surface area contributed by atoms with Gasteiger partial charge in [0.15, 0.2) is 0 Å². The molecular weight excluding hydrogens is 200 g/mol. The molecule has 68 valence electrons. The van der Waals surface area contributed by atoms with Gasteiger partial charge < -0.3 is 4.98 Å². The maximum atomic E-state index is 11.2. The lowest BCUT2D eigenvalue weighted by Gasteiger charge is -1.98. The molecule has 0 aliphatic carbocycles. The Balaban J connectivity index is 2.75. The molecule has 2 rings (SSSR count). The molecule has 2 aromatic heterocycles. The number of nitrogens with zero attached hydrogens (tertiary/aromatic N) is 1. The van der Waals surface area contributed by atoms with Gasteiger partial charge in [-0.1, -0.05) is 11.6 Å². The van der Waals surface area contributed by atoms with Crippen molar-refractivity contribution < 1.29 is 4.79 Å². The Morgan fingerprint density at radius 2 is 2.43 bits per heavy atom. The van der Waals surface area contributed by atoms with E-state index >= 15 is 0 Å². The van der Waals surface area contributed by atoms with Crippen LogP contribution in [-0.2, 0) is 0 Å². The number of fused-ring (bicyclic) bond motifs is 1. The molecule has 2 aromatic rings. The van der Waals surface area contributed by atoms with Crippen molar-refractivity contribution in [3.63, 3.8) is 0 Å². The third kappa shape index (κ3) is 1.17. The predicted molar refractivity (Wildman–Crippen MR) is 54.3 cm³/mol. The fourth-order valence-corrected chi connectivity index (χ4v) is 1.50. The highest BCUT2D eigenvalue weighted by Crippen LogP contribution is 2.24. The highest BCUT2D eigenvalue weighted by molar-refractivity contribution is 6.39. The largest absolute Gasteiger partial charge is 0.346 e. The molecule has 4 heteroatoms. The van der Waals surface area contributed by atoms with Gasteiger partial charge >= 0.3 is 0 Å². The standard InChI is InChI=1S/C10H5ClN2O/c1-2-8(14)7-5-13-10-6(9(7)11)3-4-12-10/h1,3-5H,(H,12,13). The summed E-state index contributed by atoms with van der Waals surface area (Å²) in [4.78, 5) is 18.1.